The summed E-state index contributed by atoms with van der Waals surface area (Å²) in [6.45, 7) is 3.73. The highest BCUT2D eigenvalue weighted by Gasteiger charge is 2.26. The number of nitrogens with zero attached hydrogens (tertiary/aromatic N) is 2. The van der Waals surface area contributed by atoms with Crippen molar-refractivity contribution in [3.8, 4) is 0 Å². The Bertz CT molecular complexity index is 796. The molecule has 1 fully saturated rings. The predicted molar refractivity (Wildman–Crippen MR) is 99.3 cm³/mol. The van der Waals surface area contributed by atoms with E-state index in [0.29, 0.717) is 23.2 Å². The Morgan fingerprint density at radius 2 is 1.77 bits per heavy atom. The van der Waals surface area contributed by atoms with Gasteiger partial charge in [-0.15, -0.1) is 0 Å². The van der Waals surface area contributed by atoms with Crippen LogP contribution in [0.4, 0.5) is 5.69 Å². The van der Waals surface area contributed by atoms with Gasteiger partial charge in [-0.3, -0.25) is 9.59 Å². The van der Waals surface area contributed by atoms with Crippen molar-refractivity contribution in [2.45, 2.75) is 19.4 Å². The lowest BCUT2D eigenvalue weighted by Crippen LogP contribution is -2.50. The van der Waals surface area contributed by atoms with Crippen LogP contribution in [0.5, 0.6) is 0 Å². The summed E-state index contributed by atoms with van der Waals surface area (Å²) in [6.07, 6.45) is 3.77. The highest BCUT2D eigenvalue weighted by molar-refractivity contribution is 6.30. The van der Waals surface area contributed by atoms with Crippen molar-refractivity contribution in [3.63, 3.8) is 0 Å². The third kappa shape index (κ3) is 4.36. The number of carbonyl (C=O) groups is 2. The number of nitrogens with one attached hydrogen (secondary N) is 3. The van der Waals surface area contributed by atoms with Crippen LogP contribution in [0, 0.1) is 5.92 Å². The van der Waals surface area contributed by atoms with Crippen LogP contribution in [0.25, 0.3) is 0 Å². The van der Waals surface area contributed by atoms with E-state index in [0.717, 1.165) is 13.0 Å². The monoisotopic (exact) mass is 373 g/mol. The zero-order chi connectivity index (χ0) is 18.5. The minimum absolute atomic E-state index is 0.00886. The number of piperidine rings is 1. The van der Waals surface area contributed by atoms with E-state index in [1.807, 2.05) is 0 Å². The maximum absolute atomic E-state index is 12.6. The molecule has 2 unspecified atom stereocenters. The molecule has 2 amide bonds. The van der Waals surface area contributed by atoms with E-state index < -0.39 is 11.8 Å². The zero-order valence-corrected chi connectivity index (χ0v) is 15.1. The molecule has 3 N–H and O–H groups in total. The molecule has 1 aliphatic rings. The summed E-state index contributed by atoms with van der Waals surface area (Å²) in [6, 6.07) is 6.67. The summed E-state index contributed by atoms with van der Waals surface area (Å²) >= 11 is 5.84. The average molecular weight is 374 g/mol. The van der Waals surface area contributed by atoms with E-state index >= 15 is 0 Å². The lowest BCUT2D eigenvalue weighted by Gasteiger charge is -2.30. The Hall–Kier alpha value is -2.51. The minimum atomic E-state index is -0.500. The van der Waals surface area contributed by atoms with Gasteiger partial charge in [0.25, 0.3) is 11.8 Å². The van der Waals surface area contributed by atoms with Gasteiger partial charge in [0.2, 0.25) is 0 Å². The van der Waals surface area contributed by atoms with E-state index in [1.54, 1.807) is 24.3 Å². The number of carbonyl (C=O) groups excluding carboxylic acids is 2. The number of aromatic nitrogens is 2. The molecule has 26 heavy (non-hydrogen) atoms. The fourth-order valence-corrected chi connectivity index (χ4v) is 2.94. The Kier molecular flexibility index (Phi) is 5.80. The summed E-state index contributed by atoms with van der Waals surface area (Å²) in [5.74, 6) is -0.552. The molecular weight excluding hydrogens is 354 g/mol. The quantitative estimate of drug-likeness (QED) is 0.762. The van der Waals surface area contributed by atoms with E-state index in [9.17, 15) is 9.59 Å². The smallest absolute Gasteiger partial charge is 0.276 e. The number of hydrogen-bond acceptors (Lipinski definition) is 5. The molecule has 2 atom stereocenters. The molecule has 1 aromatic carbocycles. The maximum atomic E-state index is 12.6. The molecule has 2 heterocycles. The average Bonchev–Trinajstić information content (AvgIpc) is 2.65. The first-order chi connectivity index (χ1) is 12.5. The molecule has 0 saturated carbocycles. The first-order valence-corrected chi connectivity index (χ1v) is 8.82. The molecule has 1 aliphatic heterocycles. The number of anilines is 1. The van der Waals surface area contributed by atoms with Gasteiger partial charge in [0.1, 0.15) is 0 Å². The molecule has 3 rings (SSSR count). The topological polar surface area (TPSA) is 96.0 Å². The minimum Gasteiger partial charge on any atom is -0.346 e. The van der Waals surface area contributed by atoms with Crippen LogP contribution in [0.2, 0.25) is 5.02 Å². The van der Waals surface area contributed by atoms with Crippen molar-refractivity contribution >= 4 is 29.1 Å². The summed E-state index contributed by atoms with van der Waals surface area (Å²) in [5, 5.41) is 9.47. The predicted octanol–water partition coefficient (Wildman–Crippen LogP) is 2.11. The standard InChI is InChI=1S/C18H20ClN5O2/c1-11-6-7-20-10-14(11)24-18(26)16-15(21-8-9-22-16)17(25)23-13-4-2-12(19)3-5-13/h2-5,8-9,11,14,20H,6-7,10H2,1H3,(H,23,25)(H,24,26). The Labute approximate surface area is 156 Å². The van der Waals surface area contributed by atoms with Crippen LogP contribution in [-0.4, -0.2) is 40.9 Å². The van der Waals surface area contributed by atoms with Crippen LogP contribution in [0.1, 0.15) is 34.3 Å². The second kappa shape index (κ2) is 8.25. The highest BCUT2D eigenvalue weighted by Crippen LogP contribution is 2.15. The third-order valence-corrected chi connectivity index (χ3v) is 4.63. The van der Waals surface area contributed by atoms with Gasteiger partial charge < -0.3 is 16.0 Å². The number of hydrogen-bond donors (Lipinski definition) is 3. The van der Waals surface area contributed by atoms with Gasteiger partial charge in [-0.1, -0.05) is 18.5 Å². The fourth-order valence-electron chi connectivity index (χ4n) is 2.81. The Morgan fingerprint density at radius 3 is 2.42 bits per heavy atom. The molecule has 136 valence electrons. The molecule has 0 bridgehead atoms. The second-order valence-corrected chi connectivity index (χ2v) is 6.70. The van der Waals surface area contributed by atoms with Gasteiger partial charge >= 0.3 is 0 Å². The molecular formula is C18H20ClN5O2. The largest absolute Gasteiger partial charge is 0.346 e. The van der Waals surface area contributed by atoms with Crippen molar-refractivity contribution in [2.75, 3.05) is 18.4 Å². The van der Waals surface area contributed by atoms with Crippen LogP contribution < -0.4 is 16.0 Å². The van der Waals surface area contributed by atoms with Gasteiger partial charge in [-0.05, 0) is 43.1 Å². The van der Waals surface area contributed by atoms with Gasteiger partial charge in [-0.2, -0.15) is 0 Å². The van der Waals surface area contributed by atoms with Crippen LogP contribution in [0.3, 0.4) is 0 Å². The molecule has 1 saturated heterocycles. The van der Waals surface area contributed by atoms with Crippen molar-refractivity contribution in [2.24, 2.45) is 5.92 Å². The zero-order valence-electron chi connectivity index (χ0n) is 14.3. The number of benzene rings is 1. The van der Waals surface area contributed by atoms with Gasteiger partial charge in [-0.25, -0.2) is 9.97 Å². The van der Waals surface area contributed by atoms with Crippen LogP contribution >= 0.6 is 11.6 Å². The molecule has 2 aromatic rings. The molecule has 7 nitrogen and oxygen atoms in total. The Balaban J connectivity index is 1.75. The summed E-state index contributed by atoms with van der Waals surface area (Å²) in [7, 11) is 0. The number of amides is 2. The van der Waals surface area contributed by atoms with Crippen molar-refractivity contribution in [3.05, 3.63) is 53.1 Å². The van der Waals surface area contributed by atoms with E-state index in [2.05, 4.69) is 32.8 Å². The number of rotatable bonds is 4. The molecule has 1 aromatic heterocycles. The summed E-state index contributed by atoms with van der Waals surface area (Å²) in [5.41, 5.74) is 0.551. The van der Waals surface area contributed by atoms with Gasteiger partial charge in [0.15, 0.2) is 11.4 Å². The Morgan fingerprint density at radius 1 is 1.12 bits per heavy atom. The molecule has 0 spiro atoms. The normalized spacial score (nSPS) is 19.6. The number of halogens is 1. The van der Waals surface area contributed by atoms with Gasteiger partial charge in [0, 0.05) is 35.7 Å². The first-order valence-electron chi connectivity index (χ1n) is 8.44. The van der Waals surface area contributed by atoms with Crippen LogP contribution in [0.15, 0.2) is 36.7 Å². The van der Waals surface area contributed by atoms with E-state index in [-0.39, 0.29) is 17.4 Å². The molecule has 0 radical (unpaired) electrons. The van der Waals surface area contributed by atoms with Crippen molar-refractivity contribution in [1.82, 2.24) is 20.6 Å². The molecule has 8 heteroatoms. The summed E-state index contributed by atoms with van der Waals surface area (Å²) < 4.78 is 0. The lowest BCUT2D eigenvalue weighted by molar-refractivity contribution is 0.0899. The third-order valence-electron chi connectivity index (χ3n) is 4.37. The first kappa shape index (κ1) is 18.3. The molecule has 0 aliphatic carbocycles. The van der Waals surface area contributed by atoms with E-state index in [4.69, 9.17) is 11.6 Å². The SMILES string of the molecule is CC1CCNCC1NC(=O)c1nccnc1C(=O)Nc1ccc(Cl)cc1. The maximum Gasteiger partial charge on any atom is 0.276 e. The van der Waals surface area contributed by atoms with E-state index in [1.165, 1.54) is 12.4 Å². The fraction of sp³-hybridized carbons (Fsp3) is 0.333. The summed E-state index contributed by atoms with van der Waals surface area (Å²) in [4.78, 5) is 33.3. The van der Waals surface area contributed by atoms with Crippen LogP contribution in [-0.2, 0) is 0 Å². The van der Waals surface area contributed by atoms with Gasteiger partial charge in [0.05, 0.1) is 0 Å². The van der Waals surface area contributed by atoms with Crippen molar-refractivity contribution < 1.29 is 9.59 Å². The highest BCUT2D eigenvalue weighted by atomic mass is 35.5. The lowest BCUT2D eigenvalue weighted by atomic mass is 9.94. The van der Waals surface area contributed by atoms with Crippen molar-refractivity contribution in [1.29, 1.82) is 0 Å². The second-order valence-electron chi connectivity index (χ2n) is 6.26.